The number of piperidine rings is 1. The summed E-state index contributed by atoms with van der Waals surface area (Å²) in [5, 5.41) is 7.81. The molecule has 104 valence electrons. The number of nitrogens with zero attached hydrogens (tertiary/aromatic N) is 4. The van der Waals surface area contributed by atoms with Crippen molar-refractivity contribution in [2.24, 2.45) is 0 Å². The first-order chi connectivity index (χ1) is 9.17. The first kappa shape index (κ1) is 12.4. The highest BCUT2D eigenvalue weighted by Gasteiger charge is 2.40. The number of likely N-dealkylation sites (tertiary alicyclic amines) is 1. The van der Waals surface area contributed by atoms with Crippen molar-refractivity contribution < 1.29 is 14.3 Å². The van der Waals surface area contributed by atoms with Crippen LogP contribution in [0.1, 0.15) is 12.8 Å². The predicted molar refractivity (Wildman–Crippen MR) is 64.9 cm³/mol. The van der Waals surface area contributed by atoms with E-state index >= 15 is 0 Å². The summed E-state index contributed by atoms with van der Waals surface area (Å²) in [5.41, 5.74) is 5.46. The van der Waals surface area contributed by atoms with E-state index in [9.17, 15) is 4.79 Å². The lowest BCUT2D eigenvalue weighted by atomic mass is 10.0. The normalized spacial score (nSPS) is 22.0. The van der Waals surface area contributed by atoms with E-state index in [1.807, 2.05) is 0 Å². The lowest BCUT2D eigenvalue weighted by Gasteiger charge is -2.37. The quantitative estimate of drug-likeness (QED) is 0.755. The number of hydrogen-bond donors (Lipinski definition) is 1. The molecule has 0 bridgehead atoms. The molecule has 19 heavy (non-hydrogen) atoms. The van der Waals surface area contributed by atoms with Gasteiger partial charge in [0.25, 0.3) is 0 Å². The third-order valence-electron chi connectivity index (χ3n) is 3.52. The zero-order valence-electron chi connectivity index (χ0n) is 10.6. The van der Waals surface area contributed by atoms with E-state index in [0.29, 0.717) is 45.0 Å². The highest BCUT2D eigenvalue weighted by atomic mass is 16.7. The standard InChI is InChI=1S/C11H17N5O3/c12-9-7-13-16(14-9)8-10(17)15-3-1-11(2-4-15)18-5-6-19-11/h7H,1-6,8H2,(H2,12,14). The summed E-state index contributed by atoms with van der Waals surface area (Å²) in [6, 6.07) is 0. The van der Waals surface area contributed by atoms with Crippen molar-refractivity contribution in [2.45, 2.75) is 25.2 Å². The molecular weight excluding hydrogens is 250 g/mol. The number of rotatable bonds is 2. The number of carbonyl (C=O) groups is 1. The monoisotopic (exact) mass is 267 g/mol. The summed E-state index contributed by atoms with van der Waals surface area (Å²) in [6.07, 6.45) is 2.86. The van der Waals surface area contributed by atoms with Crippen LogP contribution in [0.2, 0.25) is 0 Å². The molecule has 2 saturated heterocycles. The maximum absolute atomic E-state index is 12.1. The molecule has 0 unspecified atom stereocenters. The summed E-state index contributed by atoms with van der Waals surface area (Å²) in [6.45, 7) is 2.67. The van der Waals surface area contributed by atoms with Gasteiger partial charge in [-0.1, -0.05) is 0 Å². The molecule has 1 spiro atoms. The third-order valence-corrected chi connectivity index (χ3v) is 3.52. The average molecular weight is 267 g/mol. The van der Waals surface area contributed by atoms with Gasteiger partial charge in [-0.25, -0.2) is 0 Å². The number of ether oxygens (including phenoxy) is 2. The predicted octanol–water partition coefficient (Wildman–Crippen LogP) is -0.774. The lowest BCUT2D eigenvalue weighted by molar-refractivity contribution is -0.187. The van der Waals surface area contributed by atoms with Crippen LogP contribution in [0, 0.1) is 0 Å². The molecule has 1 aromatic heterocycles. The smallest absolute Gasteiger partial charge is 0.246 e. The van der Waals surface area contributed by atoms with Crippen LogP contribution in [0.15, 0.2) is 6.20 Å². The molecule has 0 radical (unpaired) electrons. The van der Waals surface area contributed by atoms with Gasteiger partial charge in [-0.2, -0.15) is 9.90 Å². The largest absolute Gasteiger partial charge is 0.381 e. The molecule has 8 nitrogen and oxygen atoms in total. The average Bonchev–Trinajstić information content (AvgIpc) is 3.00. The Hall–Kier alpha value is -1.67. The molecule has 2 fully saturated rings. The van der Waals surface area contributed by atoms with Crippen molar-refractivity contribution in [3.63, 3.8) is 0 Å². The molecule has 3 rings (SSSR count). The minimum atomic E-state index is -0.453. The van der Waals surface area contributed by atoms with Gasteiger partial charge < -0.3 is 20.1 Å². The summed E-state index contributed by atoms with van der Waals surface area (Å²) < 4.78 is 11.2. The highest BCUT2D eigenvalue weighted by Crippen LogP contribution is 2.31. The van der Waals surface area contributed by atoms with Crippen LogP contribution in [0.4, 0.5) is 5.82 Å². The second kappa shape index (κ2) is 4.78. The molecule has 0 atom stereocenters. The van der Waals surface area contributed by atoms with Crippen molar-refractivity contribution in [1.82, 2.24) is 19.9 Å². The number of aromatic nitrogens is 3. The van der Waals surface area contributed by atoms with Gasteiger partial charge in [-0.15, -0.1) is 5.10 Å². The summed E-state index contributed by atoms with van der Waals surface area (Å²) in [7, 11) is 0. The Morgan fingerprint density at radius 2 is 2.05 bits per heavy atom. The van der Waals surface area contributed by atoms with Crippen molar-refractivity contribution >= 4 is 11.7 Å². The minimum absolute atomic E-state index is 0.0107. The van der Waals surface area contributed by atoms with Crippen LogP contribution < -0.4 is 5.73 Å². The van der Waals surface area contributed by atoms with Crippen LogP contribution >= 0.6 is 0 Å². The second-order valence-electron chi connectivity index (χ2n) is 4.79. The van der Waals surface area contributed by atoms with Gasteiger partial charge >= 0.3 is 0 Å². The maximum atomic E-state index is 12.1. The van der Waals surface area contributed by atoms with Crippen LogP contribution in [0.25, 0.3) is 0 Å². The molecule has 0 aromatic carbocycles. The van der Waals surface area contributed by atoms with Gasteiger partial charge in [0.1, 0.15) is 6.54 Å². The Balaban J connectivity index is 1.54. The van der Waals surface area contributed by atoms with Crippen molar-refractivity contribution in [1.29, 1.82) is 0 Å². The van der Waals surface area contributed by atoms with Crippen LogP contribution in [0.3, 0.4) is 0 Å². The first-order valence-electron chi connectivity index (χ1n) is 6.38. The Kier molecular flexibility index (Phi) is 3.11. The Morgan fingerprint density at radius 1 is 1.37 bits per heavy atom. The number of nitrogens with two attached hydrogens (primary N) is 1. The molecule has 8 heteroatoms. The first-order valence-corrected chi connectivity index (χ1v) is 6.38. The van der Waals surface area contributed by atoms with E-state index in [2.05, 4.69) is 10.2 Å². The fourth-order valence-corrected chi connectivity index (χ4v) is 2.49. The van der Waals surface area contributed by atoms with Crippen molar-refractivity contribution in [3.8, 4) is 0 Å². The Morgan fingerprint density at radius 3 is 2.63 bits per heavy atom. The molecular formula is C11H17N5O3. The summed E-state index contributed by atoms with van der Waals surface area (Å²) in [4.78, 5) is 15.2. The minimum Gasteiger partial charge on any atom is -0.381 e. The van der Waals surface area contributed by atoms with E-state index in [1.165, 1.54) is 11.0 Å². The Bertz CT molecular complexity index is 459. The van der Waals surface area contributed by atoms with Gasteiger partial charge in [0, 0.05) is 25.9 Å². The SMILES string of the molecule is Nc1cnn(CC(=O)N2CCC3(CC2)OCCO3)n1. The zero-order chi connectivity index (χ0) is 13.3. The molecule has 2 aliphatic heterocycles. The number of hydrogen-bond acceptors (Lipinski definition) is 6. The van der Waals surface area contributed by atoms with Gasteiger partial charge in [0.05, 0.1) is 19.4 Å². The third kappa shape index (κ3) is 2.54. The second-order valence-corrected chi connectivity index (χ2v) is 4.79. The van der Waals surface area contributed by atoms with Gasteiger partial charge in [-0.05, 0) is 0 Å². The van der Waals surface area contributed by atoms with Crippen LogP contribution in [-0.2, 0) is 20.8 Å². The molecule has 2 aliphatic rings. The fraction of sp³-hybridized carbons (Fsp3) is 0.727. The van der Waals surface area contributed by atoms with Gasteiger partial charge in [0.15, 0.2) is 11.6 Å². The molecule has 3 heterocycles. The molecule has 2 N–H and O–H groups in total. The van der Waals surface area contributed by atoms with Crippen LogP contribution in [0.5, 0.6) is 0 Å². The van der Waals surface area contributed by atoms with Crippen molar-refractivity contribution in [3.05, 3.63) is 6.20 Å². The maximum Gasteiger partial charge on any atom is 0.246 e. The Labute approximate surface area is 110 Å². The highest BCUT2D eigenvalue weighted by molar-refractivity contribution is 5.75. The summed E-state index contributed by atoms with van der Waals surface area (Å²) in [5.74, 6) is -0.146. The number of amides is 1. The van der Waals surface area contributed by atoms with Gasteiger partial charge in [0.2, 0.25) is 5.91 Å². The molecule has 1 aromatic rings. The van der Waals surface area contributed by atoms with E-state index in [4.69, 9.17) is 15.2 Å². The lowest BCUT2D eigenvalue weighted by Crippen LogP contribution is -2.48. The fourth-order valence-electron chi connectivity index (χ4n) is 2.49. The van der Waals surface area contributed by atoms with E-state index in [0.717, 1.165) is 0 Å². The molecule has 0 saturated carbocycles. The number of carbonyl (C=O) groups excluding carboxylic acids is 1. The van der Waals surface area contributed by atoms with E-state index in [1.54, 1.807) is 4.90 Å². The molecule has 0 aliphatic carbocycles. The number of anilines is 1. The molecule has 1 amide bonds. The van der Waals surface area contributed by atoms with Crippen molar-refractivity contribution in [2.75, 3.05) is 32.0 Å². The van der Waals surface area contributed by atoms with E-state index < -0.39 is 5.79 Å². The zero-order valence-corrected chi connectivity index (χ0v) is 10.6. The van der Waals surface area contributed by atoms with Gasteiger partial charge in [-0.3, -0.25) is 4.79 Å². The topological polar surface area (TPSA) is 95.5 Å². The van der Waals surface area contributed by atoms with E-state index in [-0.39, 0.29) is 12.5 Å². The van der Waals surface area contributed by atoms with Crippen LogP contribution in [-0.4, -0.2) is 57.9 Å². The summed E-state index contributed by atoms with van der Waals surface area (Å²) >= 11 is 0. The number of nitrogen functional groups attached to an aromatic ring is 1.